The van der Waals surface area contributed by atoms with Gasteiger partial charge in [-0.05, 0) is 45.4 Å². The second-order valence-corrected chi connectivity index (χ2v) is 8.02. The lowest BCUT2D eigenvalue weighted by atomic mass is 10.0. The van der Waals surface area contributed by atoms with Gasteiger partial charge in [-0.3, -0.25) is 4.79 Å². The lowest BCUT2D eigenvalue weighted by Gasteiger charge is -2.35. The smallest absolute Gasteiger partial charge is 0.407 e. The van der Waals surface area contributed by atoms with Gasteiger partial charge in [0.15, 0.2) is 0 Å². The highest BCUT2D eigenvalue weighted by atomic mass is 19.1. The van der Waals surface area contributed by atoms with Crippen LogP contribution in [0.2, 0.25) is 0 Å². The predicted molar refractivity (Wildman–Crippen MR) is 99.5 cm³/mol. The van der Waals surface area contributed by atoms with Crippen molar-refractivity contribution in [3.8, 4) is 0 Å². The minimum absolute atomic E-state index is 0.000547. The highest BCUT2D eigenvalue weighted by Crippen LogP contribution is 2.23. The summed E-state index contributed by atoms with van der Waals surface area (Å²) in [7, 11) is 0. The molecule has 6 nitrogen and oxygen atoms in total. The number of ether oxygens (including phenoxy) is 1. The second-order valence-electron chi connectivity index (χ2n) is 8.02. The van der Waals surface area contributed by atoms with E-state index in [4.69, 9.17) is 9.15 Å². The summed E-state index contributed by atoms with van der Waals surface area (Å²) < 4.78 is 24.9. The molecule has 146 valence electrons. The van der Waals surface area contributed by atoms with Crippen LogP contribution in [0.5, 0.6) is 0 Å². The Labute approximate surface area is 157 Å². The number of nitrogens with zero attached hydrogens (tertiary/aromatic N) is 1. The van der Waals surface area contributed by atoms with E-state index in [9.17, 15) is 14.0 Å². The van der Waals surface area contributed by atoms with Crippen molar-refractivity contribution in [3.63, 3.8) is 0 Å². The van der Waals surface area contributed by atoms with E-state index in [1.165, 1.54) is 4.90 Å². The van der Waals surface area contributed by atoms with Crippen LogP contribution in [0.4, 0.5) is 9.18 Å². The molecule has 0 unspecified atom stereocenters. The monoisotopic (exact) mass is 376 g/mol. The van der Waals surface area contributed by atoms with Crippen molar-refractivity contribution in [1.29, 1.82) is 0 Å². The lowest BCUT2D eigenvalue weighted by Crippen LogP contribution is -2.54. The first-order chi connectivity index (χ1) is 12.6. The molecule has 1 aromatic carbocycles. The number of carbonyl (C=O) groups excluding carboxylic acids is 2. The van der Waals surface area contributed by atoms with Gasteiger partial charge in [0.05, 0.1) is 18.8 Å². The highest BCUT2D eigenvalue weighted by Gasteiger charge is 2.32. The van der Waals surface area contributed by atoms with Crippen molar-refractivity contribution in [2.75, 3.05) is 13.1 Å². The quantitative estimate of drug-likeness (QED) is 0.865. The molecular formula is C20H25FN2O4. The van der Waals surface area contributed by atoms with E-state index in [0.717, 1.165) is 10.9 Å². The van der Waals surface area contributed by atoms with Gasteiger partial charge in [-0.1, -0.05) is 6.07 Å². The van der Waals surface area contributed by atoms with Crippen LogP contribution >= 0.6 is 0 Å². The minimum atomic E-state index is -1.21. The number of alkyl carbamates (subject to hydrolysis) is 1. The van der Waals surface area contributed by atoms with Crippen LogP contribution in [-0.2, 0) is 4.74 Å². The molecule has 27 heavy (non-hydrogen) atoms. The zero-order valence-electron chi connectivity index (χ0n) is 16.0. The Bertz CT molecular complexity index is 855. The summed E-state index contributed by atoms with van der Waals surface area (Å²) >= 11 is 0. The van der Waals surface area contributed by atoms with Gasteiger partial charge in [-0.25, -0.2) is 9.18 Å². The summed E-state index contributed by atoms with van der Waals surface area (Å²) in [4.78, 5) is 26.2. The number of likely N-dealkylation sites (tertiary alicyclic amines) is 1. The van der Waals surface area contributed by atoms with Gasteiger partial charge in [-0.2, -0.15) is 0 Å². The largest absolute Gasteiger partial charge is 0.464 e. The second kappa shape index (κ2) is 7.21. The van der Waals surface area contributed by atoms with Gasteiger partial charge in [0, 0.05) is 23.9 Å². The third-order valence-electron chi connectivity index (χ3n) is 4.42. The van der Waals surface area contributed by atoms with Crippen molar-refractivity contribution in [3.05, 3.63) is 35.6 Å². The molecule has 1 aromatic heterocycles. The molecule has 1 saturated heterocycles. The number of amides is 2. The third kappa shape index (κ3) is 4.59. The van der Waals surface area contributed by atoms with Crippen molar-refractivity contribution in [2.24, 2.45) is 0 Å². The maximum absolute atomic E-state index is 14.2. The van der Waals surface area contributed by atoms with Gasteiger partial charge < -0.3 is 19.4 Å². The molecule has 3 rings (SSSR count). The van der Waals surface area contributed by atoms with Crippen LogP contribution in [0.3, 0.4) is 0 Å². The zero-order valence-corrected chi connectivity index (χ0v) is 16.0. The standard InChI is InChI=1S/C20H25FN2O4/c1-12-11-26-17-7-13(5-6-16(12)17)18(24)23-9-14(21)8-15(10-23)22-19(25)27-20(2,3)4/h5-7,11,14-15H,8-10H2,1-4H3,(H,22,25)/t14-,15-/m1/s1. The first-order valence-electron chi connectivity index (χ1n) is 9.03. The van der Waals surface area contributed by atoms with E-state index in [0.29, 0.717) is 11.1 Å². The number of halogens is 1. The summed E-state index contributed by atoms with van der Waals surface area (Å²) in [5.41, 5.74) is 1.41. The predicted octanol–water partition coefficient (Wildman–Crippen LogP) is 3.82. The summed E-state index contributed by atoms with van der Waals surface area (Å²) in [5.74, 6) is -0.288. The van der Waals surface area contributed by atoms with Crippen molar-refractivity contribution < 1.29 is 23.1 Å². The van der Waals surface area contributed by atoms with Crippen LogP contribution in [-0.4, -0.2) is 47.8 Å². The number of piperidine rings is 1. The van der Waals surface area contributed by atoms with E-state index in [1.807, 2.05) is 13.0 Å². The fraction of sp³-hybridized carbons (Fsp3) is 0.500. The summed E-state index contributed by atoms with van der Waals surface area (Å²) in [6, 6.07) is 4.71. The number of rotatable bonds is 2. The van der Waals surface area contributed by atoms with Gasteiger partial charge in [0.2, 0.25) is 0 Å². The van der Waals surface area contributed by atoms with Crippen LogP contribution in [0.25, 0.3) is 11.0 Å². The molecule has 7 heteroatoms. The maximum Gasteiger partial charge on any atom is 0.407 e. The van der Waals surface area contributed by atoms with Crippen LogP contribution < -0.4 is 5.32 Å². The summed E-state index contributed by atoms with van der Waals surface area (Å²) in [6.07, 6.45) is -0.0313. The average molecular weight is 376 g/mol. The highest BCUT2D eigenvalue weighted by molar-refractivity contribution is 5.98. The minimum Gasteiger partial charge on any atom is -0.464 e. The lowest BCUT2D eigenvalue weighted by molar-refractivity contribution is 0.0395. The Balaban J connectivity index is 1.70. The Morgan fingerprint density at radius 3 is 2.74 bits per heavy atom. The number of fused-ring (bicyclic) bond motifs is 1. The molecule has 2 aromatic rings. The fourth-order valence-corrected chi connectivity index (χ4v) is 3.26. The van der Waals surface area contributed by atoms with Gasteiger partial charge in [-0.15, -0.1) is 0 Å². The number of hydrogen-bond acceptors (Lipinski definition) is 4. The van der Waals surface area contributed by atoms with E-state index in [2.05, 4.69) is 5.32 Å². The molecule has 2 amide bonds. The maximum atomic E-state index is 14.2. The zero-order chi connectivity index (χ0) is 19.8. The molecule has 0 radical (unpaired) electrons. The first kappa shape index (κ1) is 19.2. The van der Waals surface area contributed by atoms with Crippen LogP contribution in [0.1, 0.15) is 43.1 Å². The summed E-state index contributed by atoms with van der Waals surface area (Å²) in [5, 5.41) is 3.60. The van der Waals surface area contributed by atoms with Crippen molar-refractivity contribution >= 4 is 23.0 Å². The Kier molecular flexibility index (Phi) is 5.13. The van der Waals surface area contributed by atoms with Crippen LogP contribution in [0.15, 0.2) is 28.9 Å². The molecule has 1 N–H and O–H groups in total. The van der Waals surface area contributed by atoms with Gasteiger partial charge in [0.25, 0.3) is 5.91 Å². The Morgan fingerprint density at radius 1 is 1.30 bits per heavy atom. The van der Waals surface area contributed by atoms with Crippen LogP contribution in [0, 0.1) is 6.92 Å². The van der Waals surface area contributed by atoms with Gasteiger partial charge >= 0.3 is 6.09 Å². The normalized spacial score (nSPS) is 20.6. The van der Waals surface area contributed by atoms with E-state index in [1.54, 1.807) is 39.2 Å². The fourth-order valence-electron chi connectivity index (χ4n) is 3.26. The number of nitrogens with one attached hydrogen (secondary N) is 1. The molecule has 2 heterocycles. The number of hydrogen-bond donors (Lipinski definition) is 1. The number of benzene rings is 1. The SMILES string of the molecule is Cc1coc2cc(C(=O)N3C[C@H](F)C[C@@H](NC(=O)OC(C)(C)C)C3)ccc12. The van der Waals surface area contributed by atoms with E-state index >= 15 is 0 Å². The van der Waals surface area contributed by atoms with E-state index in [-0.39, 0.29) is 25.4 Å². The Morgan fingerprint density at radius 2 is 2.04 bits per heavy atom. The number of alkyl halides is 1. The summed E-state index contributed by atoms with van der Waals surface area (Å²) in [6.45, 7) is 7.43. The molecule has 0 aliphatic carbocycles. The van der Waals surface area contributed by atoms with E-state index < -0.39 is 23.9 Å². The number of aryl methyl sites for hydroxylation is 1. The van der Waals surface area contributed by atoms with Crippen molar-refractivity contribution in [2.45, 2.75) is 51.9 Å². The molecule has 0 saturated carbocycles. The molecular weight excluding hydrogens is 351 g/mol. The molecule has 2 atom stereocenters. The topological polar surface area (TPSA) is 71.8 Å². The molecule has 1 aliphatic rings. The first-order valence-corrected chi connectivity index (χ1v) is 9.03. The number of furan rings is 1. The van der Waals surface area contributed by atoms with Gasteiger partial charge in [0.1, 0.15) is 17.4 Å². The molecule has 1 fully saturated rings. The average Bonchev–Trinajstić information content (AvgIpc) is 2.92. The number of carbonyl (C=O) groups is 2. The van der Waals surface area contributed by atoms with Crippen molar-refractivity contribution in [1.82, 2.24) is 10.2 Å². The Hall–Kier alpha value is -2.57. The molecule has 0 spiro atoms. The third-order valence-corrected chi connectivity index (χ3v) is 4.42. The molecule has 1 aliphatic heterocycles. The molecule has 0 bridgehead atoms.